The number of piperidine rings is 1. The molecule has 1 saturated heterocycles. The third-order valence-corrected chi connectivity index (χ3v) is 5.15. The Morgan fingerprint density at radius 2 is 1.84 bits per heavy atom. The smallest absolute Gasteiger partial charge is 0.339 e. The van der Waals surface area contributed by atoms with Gasteiger partial charge in [-0.1, -0.05) is 30.3 Å². The van der Waals surface area contributed by atoms with Gasteiger partial charge in [-0.25, -0.2) is 4.79 Å². The van der Waals surface area contributed by atoms with Crippen molar-refractivity contribution in [3.8, 4) is 0 Å². The highest BCUT2D eigenvalue weighted by Gasteiger charge is 2.25. The molecule has 0 saturated carbocycles. The number of hydrogen-bond acceptors (Lipinski definition) is 3. The summed E-state index contributed by atoms with van der Waals surface area (Å²) in [5.74, 6) is -0.205. The second-order valence-corrected chi connectivity index (χ2v) is 6.87. The molecule has 1 aromatic heterocycles. The molecule has 0 amide bonds. The minimum atomic E-state index is -0.205. The molecule has 134 valence electrons. The standard InChI is InChI=1S/C21H28N2O2/c1-4-25-21(24)20-14-16(2)23(17(20)3)19-10-12-22(13-11-19)15-18-8-6-5-7-9-18/h5-9,14,19H,4,10-13,15H2,1-3H3. The number of hydrogen-bond donors (Lipinski definition) is 0. The van der Waals surface area contributed by atoms with Crippen LogP contribution < -0.4 is 0 Å². The van der Waals surface area contributed by atoms with Crippen LogP contribution in [0.15, 0.2) is 36.4 Å². The molecule has 0 spiro atoms. The SMILES string of the molecule is CCOC(=O)c1cc(C)n(C2CCN(Cc3ccccc3)CC2)c1C. The first-order valence-electron chi connectivity index (χ1n) is 9.22. The molecular weight excluding hydrogens is 312 g/mol. The van der Waals surface area contributed by atoms with Gasteiger partial charge < -0.3 is 9.30 Å². The van der Waals surface area contributed by atoms with E-state index >= 15 is 0 Å². The van der Waals surface area contributed by atoms with E-state index in [4.69, 9.17) is 4.74 Å². The van der Waals surface area contributed by atoms with Gasteiger partial charge in [0.15, 0.2) is 0 Å². The van der Waals surface area contributed by atoms with Gasteiger partial charge in [0, 0.05) is 37.1 Å². The molecule has 2 heterocycles. The summed E-state index contributed by atoms with van der Waals surface area (Å²) in [7, 11) is 0. The quantitative estimate of drug-likeness (QED) is 0.768. The summed E-state index contributed by atoms with van der Waals surface area (Å²) < 4.78 is 7.53. The molecule has 1 aliphatic rings. The summed E-state index contributed by atoms with van der Waals surface area (Å²) in [4.78, 5) is 14.6. The van der Waals surface area contributed by atoms with E-state index in [1.54, 1.807) is 0 Å². The Hall–Kier alpha value is -2.07. The lowest BCUT2D eigenvalue weighted by Crippen LogP contribution is -2.34. The van der Waals surface area contributed by atoms with Crippen molar-refractivity contribution in [2.24, 2.45) is 0 Å². The molecule has 2 aromatic rings. The average Bonchev–Trinajstić information content (AvgIpc) is 2.92. The molecule has 0 bridgehead atoms. The highest BCUT2D eigenvalue weighted by molar-refractivity contribution is 5.91. The second-order valence-electron chi connectivity index (χ2n) is 6.87. The van der Waals surface area contributed by atoms with Crippen molar-refractivity contribution in [2.75, 3.05) is 19.7 Å². The summed E-state index contributed by atoms with van der Waals surface area (Å²) in [6.07, 6.45) is 2.23. The van der Waals surface area contributed by atoms with E-state index in [2.05, 4.69) is 46.7 Å². The van der Waals surface area contributed by atoms with E-state index in [9.17, 15) is 4.79 Å². The molecule has 25 heavy (non-hydrogen) atoms. The van der Waals surface area contributed by atoms with Crippen LogP contribution in [0.3, 0.4) is 0 Å². The molecule has 1 aromatic carbocycles. The Labute approximate surface area is 150 Å². The number of aryl methyl sites for hydroxylation is 1. The van der Waals surface area contributed by atoms with Crippen LogP contribution in [0.1, 0.15) is 53.1 Å². The molecule has 1 fully saturated rings. The minimum absolute atomic E-state index is 0.205. The van der Waals surface area contributed by atoms with Crippen LogP contribution in [0, 0.1) is 13.8 Å². The summed E-state index contributed by atoms with van der Waals surface area (Å²) in [6, 6.07) is 13.1. The van der Waals surface area contributed by atoms with E-state index < -0.39 is 0 Å². The van der Waals surface area contributed by atoms with E-state index in [-0.39, 0.29) is 5.97 Å². The predicted octanol–water partition coefficient (Wildman–Crippen LogP) is 4.12. The summed E-state index contributed by atoms with van der Waals surface area (Å²) in [6.45, 7) is 9.59. The van der Waals surface area contributed by atoms with Gasteiger partial charge in [0.1, 0.15) is 0 Å². The fraction of sp³-hybridized carbons (Fsp3) is 0.476. The van der Waals surface area contributed by atoms with Crippen LogP contribution >= 0.6 is 0 Å². The Bertz CT molecular complexity index is 713. The molecule has 0 unspecified atom stereocenters. The van der Waals surface area contributed by atoms with Gasteiger partial charge in [-0.15, -0.1) is 0 Å². The zero-order chi connectivity index (χ0) is 17.8. The van der Waals surface area contributed by atoms with Gasteiger partial charge in [-0.3, -0.25) is 4.90 Å². The lowest BCUT2D eigenvalue weighted by Gasteiger charge is -2.34. The van der Waals surface area contributed by atoms with Gasteiger partial charge in [-0.2, -0.15) is 0 Å². The zero-order valence-electron chi connectivity index (χ0n) is 15.5. The van der Waals surface area contributed by atoms with Gasteiger partial charge in [0.05, 0.1) is 12.2 Å². The average molecular weight is 340 g/mol. The highest BCUT2D eigenvalue weighted by atomic mass is 16.5. The van der Waals surface area contributed by atoms with E-state index in [1.807, 2.05) is 19.9 Å². The number of rotatable bonds is 5. The van der Waals surface area contributed by atoms with Crippen LogP contribution in [-0.4, -0.2) is 35.1 Å². The van der Waals surface area contributed by atoms with Crippen molar-refractivity contribution in [3.05, 3.63) is 58.9 Å². The lowest BCUT2D eigenvalue weighted by atomic mass is 10.0. The number of benzene rings is 1. The summed E-state index contributed by atoms with van der Waals surface area (Å²) >= 11 is 0. The maximum Gasteiger partial charge on any atom is 0.339 e. The highest BCUT2D eigenvalue weighted by Crippen LogP contribution is 2.29. The van der Waals surface area contributed by atoms with Crippen LogP contribution in [0.5, 0.6) is 0 Å². The fourth-order valence-electron chi connectivity index (χ4n) is 3.93. The van der Waals surface area contributed by atoms with Crippen LogP contribution in [0.2, 0.25) is 0 Å². The zero-order valence-corrected chi connectivity index (χ0v) is 15.5. The molecular formula is C21H28N2O2. The molecule has 3 rings (SSSR count). The van der Waals surface area contributed by atoms with Gasteiger partial charge in [0.25, 0.3) is 0 Å². The molecule has 4 nitrogen and oxygen atoms in total. The first-order valence-corrected chi connectivity index (χ1v) is 9.22. The third-order valence-electron chi connectivity index (χ3n) is 5.15. The molecule has 0 aliphatic carbocycles. The number of likely N-dealkylation sites (tertiary alicyclic amines) is 1. The largest absolute Gasteiger partial charge is 0.462 e. The Kier molecular flexibility index (Phi) is 5.59. The number of nitrogens with zero attached hydrogens (tertiary/aromatic N) is 2. The third kappa shape index (κ3) is 3.96. The van der Waals surface area contributed by atoms with Gasteiger partial charge >= 0.3 is 5.97 Å². The van der Waals surface area contributed by atoms with Gasteiger partial charge in [0.2, 0.25) is 0 Å². The normalized spacial score (nSPS) is 16.1. The summed E-state index contributed by atoms with van der Waals surface area (Å²) in [5.41, 5.74) is 4.28. The second kappa shape index (κ2) is 7.87. The molecule has 1 aliphatic heterocycles. The first kappa shape index (κ1) is 17.7. The first-order chi connectivity index (χ1) is 12.1. The molecule has 0 atom stereocenters. The van der Waals surface area contributed by atoms with E-state index in [0.29, 0.717) is 18.2 Å². The topological polar surface area (TPSA) is 34.5 Å². The predicted molar refractivity (Wildman–Crippen MR) is 99.9 cm³/mol. The van der Waals surface area contributed by atoms with E-state index in [1.165, 1.54) is 5.56 Å². The monoisotopic (exact) mass is 340 g/mol. The van der Waals surface area contributed by atoms with Crippen molar-refractivity contribution in [1.82, 2.24) is 9.47 Å². The van der Waals surface area contributed by atoms with E-state index in [0.717, 1.165) is 43.9 Å². The number of carbonyl (C=O) groups excluding carboxylic acids is 1. The Morgan fingerprint density at radius 3 is 2.48 bits per heavy atom. The molecule has 0 N–H and O–H groups in total. The van der Waals surface area contributed by atoms with Crippen LogP contribution in [-0.2, 0) is 11.3 Å². The Morgan fingerprint density at radius 1 is 1.16 bits per heavy atom. The molecule has 4 heteroatoms. The van der Waals surface area contributed by atoms with Crippen LogP contribution in [0.4, 0.5) is 0 Å². The Balaban J connectivity index is 1.66. The number of esters is 1. The maximum absolute atomic E-state index is 12.1. The molecule has 0 radical (unpaired) electrons. The van der Waals surface area contributed by atoms with Gasteiger partial charge in [-0.05, 0) is 45.2 Å². The van der Waals surface area contributed by atoms with Crippen molar-refractivity contribution in [1.29, 1.82) is 0 Å². The fourth-order valence-corrected chi connectivity index (χ4v) is 3.93. The van der Waals surface area contributed by atoms with Crippen molar-refractivity contribution in [2.45, 2.75) is 46.2 Å². The maximum atomic E-state index is 12.1. The number of carbonyl (C=O) groups is 1. The number of aromatic nitrogens is 1. The van der Waals surface area contributed by atoms with Crippen molar-refractivity contribution >= 4 is 5.97 Å². The minimum Gasteiger partial charge on any atom is -0.462 e. The lowest BCUT2D eigenvalue weighted by molar-refractivity contribution is 0.0525. The van der Waals surface area contributed by atoms with Crippen LogP contribution in [0.25, 0.3) is 0 Å². The van der Waals surface area contributed by atoms with Crippen molar-refractivity contribution in [3.63, 3.8) is 0 Å². The van der Waals surface area contributed by atoms with Crippen molar-refractivity contribution < 1.29 is 9.53 Å². The summed E-state index contributed by atoms with van der Waals surface area (Å²) in [5, 5.41) is 0. The number of ether oxygens (including phenoxy) is 1.